The van der Waals surface area contributed by atoms with E-state index >= 15 is 0 Å². The van der Waals surface area contributed by atoms with Gasteiger partial charge in [-0.25, -0.2) is 18.1 Å². The summed E-state index contributed by atoms with van der Waals surface area (Å²) < 4.78 is 30.9. The second-order valence-corrected chi connectivity index (χ2v) is 7.58. The van der Waals surface area contributed by atoms with Gasteiger partial charge >= 0.3 is 0 Å². The average Bonchev–Trinajstić information content (AvgIpc) is 2.64. The molecule has 1 aromatic rings. The highest BCUT2D eigenvalue weighted by Gasteiger charge is 2.05. The maximum absolute atomic E-state index is 11.4. The molecule has 0 aliphatic heterocycles. The Labute approximate surface area is 157 Å². The third kappa shape index (κ3) is 8.87. The molecule has 0 saturated heterocycles. The molecule has 1 aromatic carbocycles. The Morgan fingerprint density at radius 2 is 2.00 bits per heavy atom. The lowest BCUT2D eigenvalue weighted by atomic mass is 10.2. The molecule has 26 heavy (non-hydrogen) atoms. The third-order valence-electron chi connectivity index (χ3n) is 3.43. The molecule has 0 unspecified atom stereocenters. The largest absolute Gasteiger partial charge is 0.489 e. The molecular formula is C18H30N4O3S. The lowest BCUT2D eigenvalue weighted by molar-refractivity contribution is 0.359. The van der Waals surface area contributed by atoms with Crippen LogP contribution in [0.1, 0.15) is 25.8 Å². The molecule has 146 valence electrons. The zero-order chi connectivity index (χ0) is 19.3. The first-order chi connectivity index (χ1) is 12.5. The summed E-state index contributed by atoms with van der Waals surface area (Å²) in [6.07, 6.45) is 2.38. The van der Waals surface area contributed by atoms with Gasteiger partial charge in [-0.15, -0.1) is 0 Å². The number of benzene rings is 1. The van der Waals surface area contributed by atoms with Gasteiger partial charge in [-0.05, 0) is 26.3 Å². The van der Waals surface area contributed by atoms with E-state index in [4.69, 9.17) is 4.74 Å². The number of para-hydroxylation sites is 1. The van der Waals surface area contributed by atoms with Crippen molar-refractivity contribution in [2.24, 2.45) is 4.99 Å². The number of aliphatic imine (C=N–C) groups is 1. The summed E-state index contributed by atoms with van der Waals surface area (Å²) in [5.74, 6) is 1.57. The molecule has 0 bridgehead atoms. The predicted octanol–water partition coefficient (Wildman–Crippen LogP) is 1.64. The van der Waals surface area contributed by atoms with Crippen LogP contribution in [0.25, 0.3) is 0 Å². The molecule has 0 radical (unpaired) electrons. The first-order valence-corrected chi connectivity index (χ1v) is 10.5. The van der Waals surface area contributed by atoms with E-state index in [9.17, 15) is 8.42 Å². The Hall–Kier alpha value is -2.06. The predicted molar refractivity (Wildman–Crippen MR) is 107 cm³/mol. The van der Waals surface area contributed by atoms with Crippen LogP contribution >= 0.6 is 0 Å². The minimum atomic E-state index is -3.13. The van der Waals surface area contributed by atoms with Crippen LogP contribution in [-0.4, -0.2) is 46.4 Å². The molecule has 7 nitrogen and oxygen atoms in total. The zero-order valence-electron chi connectivity index (χ0n) is 15.6. The Balaban J connectivity index is 2.54. The fourth-order valence-electron chi connectivity index (χ4n) is 2.05. The van der Waals surface area contributed by atoms with Crippen LogP contribution in [-0.2, 0) is 16.6 Å². The summed E-state index contributed by atoms with van der Waals surface area (Å²) in [5.41, 5.74) is 0.988. The van der Waals surface area contributed by atoms with Crippen molar-refractivity contribution in [3.8, 4) is 5.75 Å². The summed E-state index contributed by atoms with van der Waals surface area (Å²) >= 11 is 0. The van der Waals surface area contributed by atoms with Gasteiger partial charge < -0.3 is 15.4 Å². The van der Waals surface area contributed by atoms with Crippen LogP contribution in [0.15, 0.2) is 41.9 Å². The van der Waals surface area contributed by atoms with Gasteiger partial charge in [0.2, 0.25) is 10.0 Å². The Kier molecular flexibility index (Phi) is 10.4. The molecule has 0 saturated carbocycles. The van der Waals surface area contributed by atoms with Crippen molar-refractivity contribution in [3.63, 3.8) is 0 Å². The maximum Gasteiger partial charge on any atom is 0.211 e. The summed E-state index contributed by atoms with van der Waals surface area (Å²) in [4.78, 5) is 4.56. The molecule has 0 amide bonds. The molecule has 0 atom stereocenters. The van der Waals surface area contributed by atoms with Gasteiger partial charge in [-0.3, -0.25) is 0 Å². The Bertz CT molecular complexity index is 675. The van der Waals surface area contributed by atoms with Crippen LogP contribution in [0.4, 0.5) is 0 Å². The number of hydrogen-bond donors (Lipinski definition) is 3. The lowest BCUT2D eigenvalue weighted by Crippen LogP contribution is -2.38. The van der Waals surface area contributed by atoms with E-state index in [0.29, 0.717) is 38.6 Å². The summed E-state index contributed by atoms with van der Waals surface area (Å²) in [6, 6.07) is 7.76. The first kappa shape index (κ1) is 22.0. The number of rotatable bonds is 12. The second-order valence-electron chi connectivity index (χ2n) is 5.48. The highest BCUT2D eigenvalue weighted by Crippen LogP contribution is 2.18. The number of hydrogen-bond acceptors (Lipinski definition) is 4. The Morgan fingerprint density at radius 3 is 2.69 bits per heavy atom. The van der Waals surface area contributed by atoms with Gasteiger partial charge in [0.05, 0.1) is 12.3 Å². The van der Waals surface area contributed by atoms with Gasteiger partial charge in [0.1, 0.15) is 12.4 Å². The number of sulfonamides is 1. The van der Waals surface area contributed by atoms with Crippen LogP contribution in [0.3, 0.4) is 0 Å². The molecule has 0 aliphatic carbocycles. The van der Waals surface area contributed by atoms with Gasteiger partial charge in [0.15, 0.2) is 5.96 Å². The van der Waals surface area contributed by atoms with Crippen LogP contribution < -0.4 is 20.1 Å². The maximum atomic E-state index is 11.4. The minimum absolute atomic E-state index is 0.0951. The molecule has 0 heterocycles. The van der Waals surface area contributed by atoms with Crippen molar-refractivity contribution < 1.29 is 13.2 Å². The van der Waals surface area contributed by atoms with E-state index in [2.05, 4.69) is 26.9 Å². The quantitative estimate of drug-likeness (QED) is 0.221. The smallest absolute Gasteiger partial charge is 0.211 e. The van der Waals surface area contributed by atoms with Crippen molar-refractivity contribution in [3.05, 3.63) is 42.5 Å². The molecule has 1 rings (SSSR count). The monoisotopic (exact) mass is 382 g/mol. The number of nitrogens with one attached hydrogen (secondary N) is 3. The number of nitrogens with zero attached hydrogens (tertiary/aromatic N) is 1. The molecule has 3 N–H and O–H groups in total. The van der Waals surface area contributed by atoms with E-state index in [1.807, 2.05) is 31.2 Å². The van der Waals surface area contributed by atoms with Gasteiger partial charge in [-0.1, -0.05) is 30.9 Å². The van der Waals surface area contributed by atoms with E-state index < -0.39 is 10.0 Å². The first-order valence-electron chi connectivity index (χ1n) is 8.83. The number of ether oxygens (including phenoxy) is 1. The molecule has 8 heteroatoms. The third-order valence-corrected chi connectivity index (χ3v) is 4.83. The van der Waals surface area contributed by atoms with Crippen molar-refractivity contribution in [2.45, 2.75) is 26.8 Å². The van der Waals surface area contributed by atoms with Crippen LogP contribution in [0.2, 0.25) is 0 Å². The van der Waals surface area contributed by atoms with Gasteiger partial charge in [0.25, 0.3) is 0 Å². The molecule has 0 aliphatic rings. The van der Waals surface area contributed by atoms with Gasteiger partial charge in [0, 0.05) is 25.2 Å². The summed E-state index contributed by atoms with van der Waals surface area (Å²) in [7, 11) is -3.13. The summed E-state index contributed by atoms with van der Waals surface area (Å²) in [5, 5.41) is 6.38. The normalized spacial score (nSPS) is 11.8. The number of guanidine groups is 1. The van der Waals surface area contributed by atoms with Crippen molar-refractivity contribution in [1.29, 1.82) is 0 Å². The topological polar surface area (TPSA) is 91.8 Å². The van der Waals surface area contributed by atoms with Crippen molar-refractivity contribution in [2.75, 3.05) is 32.0 Å². The SMILES string of the molecule is C=CCOc1ccccc1CN=C(NCC)NCCCNS(=O)(=O)CC. The highest BCUT2D eigenvalue weighted by atomic mass is 32.2. The summed E-state index contributed by atoms with van der Waals surface area (Å²) in [6.45, 7) is 9.96. The zero-order valence-corrected chi connectivity index (χ0v) is 16.4. The fraction of sp³-hybridized carbons (Fsp3) is 0.500. The molecule has 0 fully saturated rings. The van der Waals surface area contributed by atoms with Crippen LogP contribution in [0.5, 0.6) is 5.75 Å². The molecule has 0 spiro atoms. The van der Waals surface area contributed by atoms with Gasteiger partial charge in [-0.2, -0.15) is 0 Å². The lowest BCUT2D eigenvalue weighted by Gasteiger charge is -2.13. The second kappa shape index (κ2) is 12.3. The van der Waals surface area contributed by atoms with E-state index in [1.165, 1.54) is 0 Å². The standard InChI is InChI=1S/C18H30N4O3S/c1-4-14-25-17-11-8-7-10-16(17)15-21-18(19-5-2)20-12-9-13-22-26(23,24)6-3/h4,7-8,10-11,22H,1,5-6,9,12-15H2,2-3H3,(H2,19,20,21). The van der Waals surface area contributed by atoms with Crippen molar-refractivity contribution in [1.82, 2.24) is 15.4 Å². The molecular weight excluding hydrogens is 352 g/mol. The highest BCUT2D eigenvalue weighted by molar-refractivity contribution is 7.89. The van der Waals surface area contributed by atoms with Crippen LogP contribution in [0, 0.1) is 0 Å². The van der Waals surface area contributed by atoms with E-state index in [-0.39, 0.29) is 5.75 Å². The average molecular weight is 383 g/mol. The van der Waals surface area contributed by atoms with E-state index in [0.717, 1.165) is 17.9 Å². The minimum Gasteiger partial charge on any atom is -0.489 e. The molecule has 0 aromatic heterocycles. The Morgan fingerprint density at radius 1 is 1.23 bits per heavy atom. The van der Waals surface area contributed by atoms with E-state index in [1.54, 1.807) is 13.0 Å². The fourth-order valence-corrected chi connectivity index (χ4v) is 2.71. The van der Waals surface area contributed by atoms with Crippen molar-refractivity contribution >= 4 is 16.0 Å².